The lowest BCUT2D eigenvalue weighted by molar-refractivity contribution is -0.137. The quantitative estimate of drug-likeness (QED) is 0.0953. The number of carbonyl (C=O) groups is 5. The largest absolute Gasteiger partial charge is 0.481 e. The van der Waals surface area contributed by atoms with Gasteiger partial charge in [-0.3, -0.25) is 4.79 Å². The van der Waals surface area contributed by atoms with Gasteiger partial charge in [0, 0.05) is 6.42 Å². The van der Waals surface area contributed by atoms with E-state index in [9.17, 15) is 24.0 Å². The van der Waals surface area contributed by atoms with E-state index in [0.717, 1.165) is 12.8 Å². The zero-order chi connectivity index (χ0) is 28.9. The molecule has 212 valence electrons. The highest BCUT2D eigenvalue weighted by Gasteiger charge is 2.24. The van der Waals surface area contributed by atoms with E-state index >= 15 is 0 Å². The van der Waals surface area contributed by atoms with E-state index in [2.05, 4.69) is 19.1 Å². The summed E-state index contributed by atoms with van der Waals surface area (Å²) >= 11 is 0. The van der Waals surface area contributed by atoms with Crippen molar-refractivity contribution in [1.29, 1.82) is 0 Å². The molecule has 0 aliphatic carbocycles. The van der Waals surface area contributed by atoms with Crippen LogP contribution >= 0.6 is 0 Å². The first-order valence-electron chi connectivity index (χ1n) is 13.0. The van der Waals surface area contributed by atoms with Crippen LogP contribution in [-0.4, -0.2) is 55.4 Å². The summed E-state index contributed by atoms with van der Waals surface area (Å²) in [7, 11) is 0. The number of carboxylic acid groups (broad SMARTS) is 5. The van der Waals surface area contributed by atoms with E-state index in [4.69, 9.17) is 25.5 Å². The van der Waals surface area contributed by atoms with Crippen LogP contribution in [0.3, 0.4) is 0 Å². The molecule has 10 nitrogen and oxygen atoms in total. The maximum atomic E-state index is 10.8. The van der Waals surface area contributed by atoms with Crippen molar-refractivity contribution in [3.8, 4) is 0 Å². The Labute approximate surface area is 223 Å². The highest BCUT2D eigenvalue weighted by atomic mass is 16.4. The Bertz CT molecular complexity index is 851. The van der Waals surface area contributed by atoms with E-state index in [-0.39, 0.29) is 0 Å². The molecule has 1 aromatic rings. The third-order valence-corrected chi connectivity index (χ3v) is 5.73. The molecule has 0 aromatic heterocycles. The third-order valence-electron chi connectivity index (χ3n) is 5.73. The highest BCUT2D eigenvalue weighted by molar-refractivity contribution is 6.09. The van der Waals surface area contributed by atoms with Gasteiger partial charge in [-0.15, -0.1) is 0 Å². The minimum atomic E-state index is -1.66. The van der Waals surface area contributed by atoms with Gasteiger partial charge in [0.25, 0.3) is 0 Å². The number of benzene rings is 1. The minimum Gasteiger partial charge on any atom is -0.481 e. The fraction of sp³-hybridized carbons (Fsp3) is 0.536. The van der Waals surface area contributed by atoms with Crippen molar-refractivity contribution in [2.75, 3.05) is 0 Å². The molecule has 0 heterocycles. The van der Waals surface area contributed by atoms with Crippen molar-refractivity contribution in [3.05, 3.63) is 46.5 Å². The predicted octanol–water partition coefficient (Wildman–Crippen LogP) is 6.59. The Morgan fingerprint density at radius 1 is 0.526 bits per heavy atom. The van der Waals surface area contributed by atoms with Crippen molar-refractivity contribution >= 4 is 29.8 Å². The predicted molar refractivity (Wildman–Crippen MR) is 141 cm³/mol. The van der Waals surface area contributed by atoms with E-state index in [0.29, 0.717) is 18.6 Å². The van der Waals surface area contributed by atoms with Crippen LogP contribution in [0.2, 0.25) is 0 Å². The molecule has 1 rings (SSSR count). The summed E-state index contributed by atoms with van der Waals surface area (Å²) in [4.78, 5) is 53.4. The number of allylic oxidation sites excluding steroid dienone is 2. The lowest BCUT2D eigenvalue weighted by atomic mass is 9.98. The molecule has 0 spiro atoms. The molecule has 0 aliphatic rings. The second-order valence-corrected chi connectivity index (χ2v) is 8.89. The van der Waals surface area contributed by atoms with Gasteiger partial charge in [-0.25, -0.2) is 19.2 Å². The van der Waals surface area contributed by atoms with Crippen LogP contribution in [0.1, 0.15) is 138 Å². The first-order chi connectivity index (χ1) is 18.0. The number of aromatic carboxylic acids is 4. The second kappa shape index (κ2) is 20.4. The monoisotopic (exact) mass is 536 g/mol. The number of hydrogen-bond acceptors (Lipinski definition) is 5. The van der Waals surface area contributed by atoms with Crippen LogP contribution in [-0.2, 0) is 4.79 Å². The van der Waals surface area contributed by atoms with Crippen LogP contribution in [0.5, 0.6) is 0 Å². The molecule has 1 aromatic carbocycles. The van der Waals surface area contributed by atoms with Gasteiger partial charge in [0.05, 0.1) is 22.3 Å². The summed E-state index contributed by atoms with van der Waals surface area (Å²) in [5.74, 6) is -7.31. The fourth-order valence-corrected chi connectivity index (χ4v) is 3.65. The van der Waals surface area contributed by atoms with Crippen molar-refractivity contribution < 1.29 is 49.5 Å². The number of carboxylic acids is 5. The highest BCUT2D eigenvalue weighted by Crippen LogP contribution is 2.18. The van der Waals surface area contributed by atoms with Crippen molar-refractivity contribution in [1.82, 2.24) is 0 Å². The Morgan fingerprint density at radius 2 is 0.842 bits per heavy atom. The molecule has 5 N–H and O–H groups in total. The molecule has 0 aliphatic heterocycles. The van der Waals surface area contributed by atoms with E-state index in [1.54, 1.807) is 0 Å². The van der Waals surface area contributed by atoms with Crippen LogP contribution in [0, 0.1) is 0 Å². The average molecular weight is 537 g/mol. The molecule has 0 amide bonds. The standard InChI is InChI=1S/C18H34O2.C10H6O8/c1-2-3-4-5-6-7-8-9-10-11-12-13-14-15-16-17-18(19)20;11-7(12)3-1-4(8(13)14)6(10(17)18)2-5(3)9(15)16/h9-10H,2-8,11-17H2,1H3,(H,19,20);1-2H,(H,11,12)(H,13,14)(H,15,16)(H,17,18)/b10-9-;. The summed E-state index contributed by atoms with van der Waals surface area (Å²) < 4.78 is 0. The lowest BCUT2D eigenvalue weighted by Crippen LogP contribution is -2.15. The minimum absolute atomic E-state index is 0.332. The van der Waals surface area contributed by atoms with E-state index in [1.165, 1.54) is 70.6 Å². The number of hydrogen-bond donors (Lipinski definition) is 5. The Hall–Kier alpha value is -3.69. The van der Waals surface area contributed by atoms with Crippen molar-refractivity contribution in [2.24, 2.45) is 0 Å². The Balaban J connectivity index is 0.000000724. The summed E-state index contributed by atoms with van der Waals surface area (Å²) in [6.07, 6.45) is 21.2. The molecule has 0 saturated heterocycles. The van der Waals surface area contributed by atoms with E-state index in [1.807, 2.05) is 0 Å². The molecular formula is C28H40O10. The zero-order valence-electron chi connectivity index (χ0n) is 22.0. The molecule has 0 radical (unpaired) electrons. The molecule has 0 unspecified atom stereocenters. The van der Waals surface area contributed by atoms with Crippen LogP contribution in [0.15, 0.2) is 24.3 Å². The topological polar surface area (TPSA) is 186 Å². The third kappa shape index (κ3) is 15.4. The van der Waals surface area contributed by atoms with Crippen LogP contribution < -0.4 is 0 Å². The smallest absolute Gasteiger partial charge is 0.336 e. The van der Waals surface area contributed by atoms with Crippen molar-refractivity contribution in [2.45, 2.75) is 96.8 Å². The summed E-state index contributed by atoms with van der Waals surface area (Å²) in [5, 5.41) is 43.5. The van der Waals surface area contributed by atoms with E-state index < -0.39 is 52.1 Å². The van der Waals surface area contributed by atoms with Gasteiger partial charge in [0.1, 0.15) is 0 Å². The second-order valence-electron chi connectivity index (χ2n) is 8.89. The molecule has 0 atom stereocenters. The number of unbranched alkanes of at least 4 members (excludes halogenated alkanes) is 11. The van der Waals surface area contributed by atoms with Gasteiger partial charge < -0.3 is 25.5 Å². The number of rotatable bonds is 19. The average Bonchev–Trinajstić information content (AvgIpc) is 2.85. The number of aliphatic carboxylic acids is 1. The van der Waals surface area contributed by atoms with Gasteiger partial charge >= 0.3 is 29.8 Å². The van der Waals surface area contributed by atoms with Gasteiger partial charge in [-0.2, -0.15) is 0 Å². The first kappa shape index (κ1) is 34.3. The molecule has 0 saturated carbocycles. The van der Waals surface area contributed by atoms with Gasteiger partial charge in [0.2, 0.25) is 0 Å². The first-order valence-corrected chi connectivity index (χ1v) is 13.0. The lowest BCUT2D eigenvalue weighted by Gasteiger charge is -2.06. The maximum absolute atomic E-state index is 10.8. The molecular weight excluding hydrogens is 496 g/mol. The van der Waals surface area contributed by atoms with Gasteiger partial charge in [0.15, 0.2) is 0 Å². The fourth-order valence-electron chi connectivity index (χ4n) is 3.65. The zero-order valence-corrected chi connectivity index (χ0v) is 22.0. The van der Waals surface area contributed by atoms with Crippen LogP contribution in [0.25, 0.3) is 0 Å². The summed E-state index contributed by atoms with van der Waals surface area (Å²) in [5.41, 5.74) is -3.15. The summed E-state index contributed by atoms with van der Waals surface area (Å²) in [6, 6.07) is 1.02. The SMILES string of the molecule is CCCCCCCC/C=C\CCCCCCCC(=O)O.O=C(O)c1cc(C(=O)O)c(C(=O)O)cc1C(=O)O. The Morgan fingerprint density at radius 3 is 1.16 bits per heavy atom. The Kier molecular flexibility index (Phi) is 18.4. The summed E-state index contributed by atoms with van der Waals surface area (Å²) in [6.45, 7) is 2.26. The van der Waals surface area contributed by atoms with Gasteiger partial charge in [-0.05, 0) is 44.2 Å². The van der Waals surface area contributed by atoms with Crippen LogP contribution in [0.4, 0.5) is 0 Å². The normalized spacial score (nSPS) is 10.6. The van der Waals surface area contributed by atoms with Crippen molar-refractivity contribution in [3.63, 3.8) is 0 Å². The molecule has 38 heavy (non-hydrogen) atoms. The molecule has 0 fully saturated rings. The maximum Gasteiger partial charge on any atom is 0.336 e. The molecule has 10 heteroatoms. The molecule has 0 bridgehead atoms. The van der Waals surface area contributed by atoms with Gasteiger partial charge in [-0.1, -0.05) is 70.4 Å².